The molecule has 0 fully saturated rings. The molecule has 0 aliphatic carbocycles. The summed E-state index contributed by atoms with van der Waals surface area (Å²) in [6.07, 6.45) is 1.01. The Kier molecular flexibility index (Phi) is 2.97. The highest BCUT2D eigenvalue weighted by molar-refractivity contribution is 9.10. The Labute approximate surface area is 113 Å². The van der Waals surface area contributed by atoms with Crippen molar-refractivity contribution < 1.29 is 9.84 Å². The van der Waals surface area contributed by atoms with Gasteiger partial charge in [-0.25, -0.2) is 0 Å². The van der Waals surface area contributed by atoms with Crippen molar-refractivity contribution in [1.82, 2.24) is 9.78 Å². The Bertz CT molecular complexity index is 575. The number of aromatic nitrogens is 2. The quantitative estimate of drug-likeness (QED) is 0.926. The summed E-state index contributed by atoms with van der Waals surface area (Å²) in [7, 11) is 1.82. The lowest BCUT2D eigenvalue weighted by molar-refractivity contribution is 0.134. The summed E-state index contributed by atoms with van der Waals surface area (Å²) in [5.41, 5.74) is 3.98. The predicted octanol–water partition coefficient (Wildman–Crippen LogP) is 2.29. The molecule has 1 aromatic heterocycles. The maximum Gasteiger partial charge on any atom is 0.122 e. The van der Waals surface area contributed by atoms with Gasteiger partial charge in [-0.15, -0.1) is 0 Å². The molecule has 2 heterocycles. The standard InChI is InChI=1S/C13H13BrN2O2/c1-16-12(11(14)5-15-16)13(17)8-2-3-9-6-18-7-10(9)4-8/h2-5,13,17H,6-7H2,1H3. The van der Waals surface area contributed by atoms with Gasteiger partial charge in [-0.3, -0.25) is 4.68 Å². The number of aryl methyl sites for hydroxylation is 1. The molecule has 0 spiro atoms. The van der Waals surface area contributed by atoms with Gasteiger partial charge in [0.15, 0.2) is 0 Å². The van der Waals surface area contributed by atoms with Crippen molar-refractivity contribution in [3.8, 4) is 0 Å². The van der Waals surface area contributed by atoms with Crippen molar-refractivity contribution in [2.75, 3.05) is 0 Å². The highest BCUT2D eigenvalue weighted by Crippen LogP contribution is 2.30. The van der Waals surface area contributed by atoms with E-state index in [4.69, 9.17) is 4.74 Å². The largest absolute Gasteiger partial charge is 0.382 e. The third-order valence-corrected chi connectivity index (χ3v) is 3.87. The zero-order valence-electron chi connectivity index (χ0n) is 9.93. The van der Waals surface area contributed by atoms with Crippen LogP contribution < -0.4 is 0 Å². The van der Waals surface area contributed by atoms with Crippen LogP contribution in [-0.2, 0) is 25.0 Å². The predicted molar refractivity (Wildman–Crippen MR) is 69.9 cm³/mol. The van der Waals surface area contributed by atoms with Gasteiger partial charge in [0.25, 0.3) is 0 Å². The lowest BCUT2D eigenvalue weighted by Crippen LogP contribution is -2.07. The van der Waals surface area contributed by atoms with E-state index in [1.165, 1.54) is 5.56 Å². The molecule has 18 heavy (non-hydrogen) atoms. The van der Waals surface area contributed by atoms with E-state index in [2.05, 4.69) is 21.0 Å². The highest BCUT2D eigenvalue weighted by Gasteiger charge is 2.20. The van der Waals surface area contributed by atoms with Crippen LogP contribution in [0.15, 0.2) is 28.9 Å². The van der Waals surface area contributed by atoms with E-state index in [1.54, 1.807) is 10.9 Å². The summed E-state index contributed by atoms with van der Waals surface area (Å²) >= 11 is 3.41. The number of hydrogen-bond acceptors (Lipinski definition) is 3. The molecule has 94 valence electrons. The van der Waals surface area contributed by atoms with Gasteiger partial charge in [-0.1, -0.05) is 18.2 Å². The van der Waals surface area contributed by atoms with E-state index >= 15 is 0 Å². The molecule has 2 aromatic rings. The Balaban J connectivity index is 2.00. The Morgan fingerprint density at radius 2 is 2.17 bits per heavy atom. The first-order valence-corrected chi connectivity index (χ1v) is 6.51. The fourth-order valence-corrected chi connectivity index (χ4v) is 2.81. The van der Waals surface area contributed by atoms with Crippen molar-refractivity contribution in [3.05, 3.63) is 51.3 Å². The number of aliphatic hydroxyl groups is 1. The van der Waals surface area contributed by atoms with Crippen LogP contribution in [0.4, 0.5) is 0 Å². The second-order valence-electron chi connectivity index (χ2n) is 4.42. The van der Waals surface area contributed by atoms with Crippen LogP contribution in [0.2, 0.25) is 0 Å². The molecule has 1 N–H and O–H groups in total. The summed E-state index contributed by atoms with van der Waals surface area (Å²) in [5.74, 6) is 0. The maximum atomic E-state index is 10.4. The van der Waals surface area contributed by atoms with Crippen LogP contribution in [0.25, 0.3) is 0 Å². The first-order valence-electron chi connectivity index (χ1n) is 5.71. The Hall–Kier alpha value is -1.17. The number of rotatable bonds is 2. The van der Waals surface area contributed by atoms with E-state index < -0.39 is 6.10 Å². The van der Waals surface area contributed by atoms with Crippen molar-refractivity contribution >= 4 is 15.9 Å². The third-order valence-electron chi connectivity index (χ3n) is 3.26. The van der Waals surface area contributed by atoms with Gasteiger partial charge in [0.2, 0.25) is 0 Å². The van der Waals surface area contributed by atoms with Gasteiger partial charge in [0, 0.05) is 7.05 Å². The van der Waals surface area contributed by atoms with Crippen molar-refractivity contribution in [2.45, 2.75) is 19.3 Å². The van der Waals surface area contributed by atoms with Gasteiger partial charge in [-0.05, 0) is 32.6 Å². The van der Waals surface area contributed by atoms with Crippen LogP contribution in [0, 0.1) is 0 Å². The second kappa shape index (κ2) is 4.50. The van der Waals surface area contributed by atoms with Gasteiger partial charge >= 0.3 is 0 Å². The maximum absolute atomic E-state index is 10.4. The minimum atomic E-state index is -0.683. The van der Waals surface area contributed by atoms with Crippen LogP contribution in [-0.4, -0.2) is 14.9 Å². The molecule has 0 radical (unpaired) electrons. The monoisotopic (exact) mass is 308 g/mol. The normalized spacial score (nSPS) is 15.7. The lowest BCUT2D eigenvalue weighted by Gasteiger charge is -2.13. The van der Waals surface area contributed by atoms with E-state index in [0.717, 1.165) is 21.3 Å². The fraction of sp³-hybridized carbons (Fsp3) is 0.308. The second-order valence-corrected chi connectivity index (χ2v) is 5.28. The van der Waals surface area contributed by atoms with Crippen molar-refractivity contribution in [3.63, 3.8) is 0 Å². The fourth-order valence-electron chi connectivity index (χ4n) is 2.25. The van der Waals surface area contributed by atoms with Gasteiger partial charge in [0.1, 0.15) is 6.10 Å². The average Bonchev–Trinajstić information content (AvgIpc) is 2.94. The van der Waals surface area contributed by atoms with E-state index in [-0.39, 0.29) is 0 Å². The number of ether oxygens (including phenoxy) is 1. The summed E-state index contributed by atoms with van der Waals surface area (Å²) in [5, 5.41) is 14.6. The first-order chi connectivity index (χ1) is 8.66. The Morgan fingerprint density at radius 1 is 1.39 bits per heavy atom. The number of nitrogens with zero attached hydrogens (tertiary/aromatic N) is 2. The molecule has 5 heteroatoms. The molecule has 0 bridgehead atoms. The van der Waals surface area contributed by atoms with Crippen LogP contribution in [0.5, 0.6) is 0 Å². The molecule has 1 unspecified atom stereocenters. The summed E-state index contributed by atoms with van der Waals surface area (Å²) in [6.45, 7) is 1.30. The van der Waals surface area contributed by atoms with Crippen molar-refractivity contribution in [1.29, 1.82) is 0 Å². The lowest BCUT2D eigenvalue weighted by atomic mass is 10.0. The summed E-state index contributed by atoms with van der Waals surface area (Å²) in [4.78, 5) is 0. The molecule has 3 rings (SSSR count). The van der Waals surface area contributed by atoms with Gasteiger partial charge < -0.3 is 9.84 Å². The number of fused-ring (bicyclic) bond motifs is 1. The minimum Gasteiger partial charge on any atom is -0.382 e. The highest BCUT2D eigenvalue weighted by atomic mass is 79.9. The van der Waals surface area contributed by atoms with Gasteiger partial charge in [-0.2, -0.15) is 5.10 Å². The molecular weight excluding hydrogens is 296 g/mol. The molecule has 1 aliphatic rings. The van der Waals surface area contributed by atoms with E-state index in [9.17, 15) is 5.11 Å². The average molecular weight is 309 g/mol. The summed E-state index contributed by atoms with van der Waals surface area (Å²) in [6, 6.07) is 5.97. The first kappa shape index (κ1) is 11.9. The SMILES string of the molecule is Cn1ncc(Br)c1C(O)c1ccc2c(c1)COC2. The smallest absolute Gasteiger partial charge is 0.122 e. The van der Waals surface area contributed by atoms with Crippen LogP contribution in [0.1, 0.15) is 28.5 Å². The number of aliphatic hydroxyl groups excluding tert-OH is 1. The minimum absolute atomic E-state index is 0.627. The molecule has 1 aliphatic heterocycles. The number of halogens is 1. The molecule has 4 nitrogen and oxygen atoms in total. The molecule has 1 aromatic carbocycles. The zero-order valence-corrected chi connectivity index (χ0v) is 11.5. The van der Waals surface area contributed by atoms with Gasteiger partial charge in [0.05, 0.1) is 29.6 Å². The summed E-state index contributed by atoms with van der Waals surface area (Å²) < 4.78 is 7.87. The van der Waals surface area contributed by atoms with Crippen LogP contribution in [0.3, 0.4) is 0 Å². The zero-order chi connectivity index (χ0) is 12.7. The van der Waals surface area contributed by atoms with E-state index in [1.807, 2.05) is 25.2 Å². The number of benzene rings is 1. The molecule has 1 atom stereocenters. The van der Waals surface area contributed by atoms with Crippen molar-refractivity contribution in [2.24, 2.45) is 7.05 Å². The molecule has 0 saturated heterocycles. The Morgan fingerprint density at radius 3 is 2.89 bits per heavy atom. The third kappa shape index (κ3) is 1.88. The number of hydrogen-bond donors (Lipinski definition) is 1. The molecule has 0 saturated carbocycles. The molecule has 0 amide bonds. The van der Waals surface area contributed by atoms with Crippen LogP contribution >= 0.6 is 15.9 Å². The van der Waals surface area contributed by atoms with E-state index in [0.29, 0.717) is 13.2 Å². The topological polar surface area (TPSA) is 47.3 Å². The molecular formula is C13H13BrN2O2.